The molecule has 1 aliphatic carbocycles. The zero-order valence-corrected chi connectivity index (χ0v) is 15.0. The Bertz CT molecular complexity index is 757. The first-order chi connectivity index (χ1) is 11.9. The minimum absolute atomic E-state index is 0.200. The van der Waals surface area contributed by atoms with Gasteiger partial charge in [-0.15, -0.1) is 0 Å². The molecule has 0 radical (unpaired) electrons. The lowest BCUT2D eigenvalue weighted by atomic mass is 10.1. The molecule has 1 aromatic rings. The largest absolute Gasteiger partial charge is 0.456 e. The number of carbonyl (C=O) groups is 1. The number of hydrogen-bond donors (Lipinski definition) is 3. The summed E-state index contributed by atoms with van der Waals surface area (Å²) >= 11 is 3.06. The van der Waals surface area contributed by atoms with E-state index in [0.717, 1.165) is 0 Å². The third kappa shape index (κ3) is 4.27. The van der Waals surface area contributed by atoms with E-state index in [2.05, 4.69) is 20.9 Å². The van der Waals surface area contributed by atoms with E-state index in [9.17, 15) is 24.6 Å². The quantitative estimate of drug-likeness (QED) is 0.524. The molecule has 2 rings (SSSR count). The Balaban J connectivity index is 2.43. The van der Waals surface area contributed by atoms with Crippen LogP contribution in [0.2, 0.25) is 0 Å². The van der Waals surface area contributed by atoms with Crippen LogP contribution in [0.5, 0.6) is 0 Å². The van der Waals surface area contributed by atoms with Gasteiger partial charge in [-0.25, -0.2) is 9.59 Å². The van der Waals surface area contributed by atoms with Crippen LogP contribution in [0.25, 0.3) is 6.08 Å². The maximum Gasteiger partial charge on any atom is 0.332 e. The number of nitrogens with one attached hydrogen (secondary N) is 1. The highest BCUT2D eigenvalue weighted by atomic mass is 79.9. The summed E-state index contributed by atoms with van der Waals surface area (Å²) in [5, 5.41) is 19.7. The van der Waals surface area contributed by atoms with E-state index < -0.39 is 41.4 Å². The number of halogens is 1. The molecule has 0 aliphatic heterocycles. The van der Waals surface area contributed by atoms with Crippen molar-refractivity contribution in [2.24, 2.45) is 5.92 Å². The van der Waals surface area contributed by atoms with E-state index in [4.69, 9.17) is 9.47 Å². The van der Waals surface area contributed by atoms with Gasteiger partial charge in [0.2, 0.25) is 0 Å². The molecule has 25 heavy (non-hydrogen) atoms. The predicted molar refractivity (Wildman–Crippen MR) is 91.3 cm³/mol. The number of hydrogen-bond acceptors (Lipinski definition) is 7. The van der Waals surface area contributed by atoms with E-state index in [1.165, 1.54) is 28.9 Å². The van der Waals surface area contributed by atoms with Crippen LogP contribution in [-0.4, -0.2) is 58.3 Å². The van der Waals surface area contributed by atoms with E-state index in [-0.39, 0.29) is 25.2 Å². The van der Waals surface area contributed by atoms with Gasteiger partial charge in [0.05, 0.1) is 17.7 Å². The average molecular weight is 419 g/mol. The number of ether oxygens (including phenoxy) is 2. The smallest absolute Gasteiger partial charge is 0.332 e. The molecule has 0 amide bonds. The molecule has 0 spiro atoms. The molecule has 1 heterocycles. The molecule has 1 fully saturated rings. The summed E-state index contributed by atoms with van der Waals surface area (Å²) in [7, 11) is 1.33. The minimum Gasteiger partial charge on any atom is -0.456 e. The molecule has 1 saturated carbocycles. The van der Waals surface area contributed by atoms with Gasteiger partial charge in [-0.2, -0.15) is 0 Å². The molecule has 1 aliphatic rings. The van der Waals surface area contributed by atoms with Crippen LogP contribution in [0.3, 0.4) is 0 Å². The Labute approximate surface area is 151 Å². The SMILES string of the molecule is COCC(=O)O[C@H]1[C@H](O)[C@@H](CO)C[C@H]1n1cc(C=CBr)c(=O)[nH]c1=O. The molecular formula is C15H19BrN2O7. The number of aromatic amines is 1. The van der Waals surface area contributed by atoms with Crippen molar-refractivity contribution in [3.63, 3.8) is 0 Å². The van der Waals surface area contributed by atoms with Crippen molar-refractivity contribution >= 4 is 28.0 Å². The van der Waals surface area contributed by atoms with Gasteiger partial charge in [-0.1, -0.05) is 15.9 Å². The lowest BCUT2D eigenvalue weighted by Crippen LogP contribution is -2.40. The van der Waals surface area contributed by atoms with Crippen molar-refractivity contribution in [2.75, 3.05) is 20.3 Å². The Morgan fingerprint density at radius 1 is 1.52 bits per heavy atom. The lowest BCUT2D eigenvalue weighted by Gasteiger charge is -2.24. The Hall–Kier alpha value is -1.75. The van der Waals surface area contributed by atoms with Crippen molar-refractivity contribution in [1.82, 2.24) is 9.55 Å². The van der Waals surface area contributed by atoms with Gasteiger partial charge >= 0.3 is 11.7 Å². The number of aromatic nitrogens is 2. The van der Waals surface area contributed by atoms with Gasteiger partial charge in [-0.05, 0) is 17.5 Å². The minimum atomic E-state index is -1.15. The van der Waals surface area contributed by atoms with Gasteiger partial charge in [-0.3, -0.25) is 14.3 Å². The van der Waals surface area contributed by atoms with Gasteiger partial charge in [0.15, 0.2) is 0 Å². The number of esters is 1. The highest BCUT2D eigenvalue weighted by Gasteiger charge is 2.46. The molecule has 0 aromatic carbocycles. The van der Waals surface area contributed by atoms with Gasteiger partial charge in [0.1, 0.15) is 12.7 Å². The lowest BCUT2D eigenvalue weighted by molar-refractivity contribution is -0.160. The second-order valence-corrected chi connectivity index (χ2v) is 6.20. The number of H-pyrrole nitrogens is 1. The summed E-state index contributed by atoms with van der Waals surface area (Å²) in [6, 6.07) is -0.736. The van der Waals surface area contributed by atoms with Crippen LogP contribution in [0.4, 0.5) is 0 Å². The Kier molecular flexibility index (Phi) is 6.71. The van der Waals surface area contributed by atoms with Gasteiger partial charge in [0, 0.05) is 25.8 Å². The standard InChI is InChI=1S/C15H19BrN2O7/c1-24-7-11(20)25-13-10(4-9(6-19)12(13)21)18-5-8(2-3-16)14(22)17-15(18)23/h2-3,5,9-10,12-13,19,21H,4,6-7H2,1H3,(H,17,22,23)/t9-,10-,12-,13-/m1/s1. The molecule has 3 N–H and O–H groups in total. The Morgan fingerprint density at radius 3 is 2.84 bits per heavy atom. The monoisotopic (exact) mass is 418 g/mol. The molecule has 0 saturated heterocycles. The van der Waals surface area contributed by atoms with Gasteiger partial charge < -0.3 is 19.7 Å². The number of carbonyl (C=O) groups excluding carboxylic acids is 1. The summed E-state index contributed by atoms with van der Waals surface area (Å²) in [6.45, 7) is -0.639. The summed E-state index contributed by atoms with van der Waals surface area (Å²) < 4.78 is 11.1. The first-order valence-electron chi connectivity index (χ1n) is 7.52. The number of methoxy groups -OCH3 is 1. The topological polar surface area (TPSA) is 131 Å². The van der Waals surface area contributed by atoms with Gasteiger partial charge in [0.25, 0.3) is 5.56 Å². The van der Waals surface area contributed by atoms with E-state index >= 15 is 0 Å². The zero-order valence-electron chi connectivity index (χ0n) is 13.4. The maximum atomic E-state index is 12.2. The van der Waals surface area contributed by atoms with Crippen molar-refractivity contribution in [2.45, 2.75) is 24.7 Å². The van der Waals surface area contributed by atoms with Crippen LogP contribution >= 0.6 is 15.9 Å². The predicted octanol–water partition coefficient (Wildman–Crippen LogP) is -0.625. The fourth-order valence-electron chi connectivity index (χ4n) is 2.92. The molecule has 10 heteroatoms. The molecule has 9 nitrogen and oxygen atoms in total. The highest BCUT2D eigenvalue weighted by molar-refractivity contribution is 9.11. The van der Waals surface area contributed by atoms with Crippen molar-refractivity contribution in [3.8, 4) is 0 Å². The van der Waals surface area contributed by atoms with Crippen molar-refractivity contribution < 1.29 is 24.5 Å². The third-order valence-electron chi connectivity index (χ3n) is 4.10. The van der Waals surface area contributed by atoms with Crippen molar-refractivity contribution in [1.29, 1.82) is 0 Å². The number of aliphatic hydroxyl groups is 2. The zero-order chi connectivity index (χ0) is 18.6. The number of nitrogens with zero attached hydrogens (tertiary/aromatic N) is 1. The molecule has 4 atom stereocenters. The Morgan fingerprint density at radius 2 is 2.24 bits per heavy atom. The fourth-order valence-corrected chi connectivity index (χ4v) is 3.20. The summed E-state index contributed by atoms with van der Waals surface area (Å²) in [5.41, 5.74) is -1.05. The maximum absolute atomic E-state index is 12.2. The summed E-state index contributed by atoms with van der Waals surface area (Å²) in [4.78, 5) is 39.4. The van der Waals surface area contributed by atoms with Crippen LogP contribution in [0, 0.1) is 5.92 Å². The average Bonchev–Trinajstić information content (AvgIpc) is 2.87. The van der Waals surface area contributed by atoms with E-state index in [1.54, 1.807) is 0 Å². The van der Waals surface area contributed by atoms with Crippen molar-refractivity contribution in [3.05, 3.63) is 37.6 Å². The van der Waals surface area contributed by atoms with Crippen LogP contribution in [0.15, 0.2) is 20.8 Å². The first-order valence-corrected chi connectivity index (χ1v) is 8.44. The normalized spacial score (nSPS) is 26.2. The first kappa shape index (κ1) is 19.6. The number of rotatable bonds is 6. The summed E-state index contributed by atoms with van der Waals surface area (Å²) in [6.07, 6.45) is 0.781. The molecule has 138 valence electrons. The number of aliphatic hydroxyl groups excluding tert-OH is 2. The molecule has 1 aromatic heterocycles. The third-order valence-corrected chi connectivity index (χ3v) is 4.37. The van der Waals surface area contributed by atoms with Crippen LogP contribution in [-0.2, 0) is 14.3 Å². The second-order valence-electron chi connectivity index (χ2n) is 5.67. The van der Waals surface area contributed by atoms with Crippen LogP contribution in [0.1, 0.15) is 18.0 Å². The molecule has 0 bridgehead atoms. The molecular weight excluding hydrogens is 400 g/mol. The summed E-state index contributed by atoms with van der Waals surface area (Å²) in [5.74, 6) is -1.27. The second kappa shape index (κ2) is 8.56. The molecule has 0 unspecified atom stereocenters. The van der Waals surface area contributed by atoms with E-state index in [1.807, 2.05) is 0 Å². The highest BCUT2D eigenvalue weighted by Crippen LogP contribution is 2.36. The van der Waals surface area contributed by atoms with E-state index in [0.29, 0.717) is 0 Å². The fraction of sp³-hybridized carbons (Fsp3) is 0.533. The van der Waals surface area contributed by atoms with Crippen LogP contribution < -0.4 is 11.2 Å².